The Hall–Kier alpha value is -1.99. The molecule has 0 spiro atoms. The molecule has 0 saturated heterocycles. The third-order valence-electron chi connectivity index (χ3n) is 3.74. The third-order valence-corrected chi connectivity index (χ3v) is 5.10. The monoisotopic (exact) mass is 434 g/mol. The van der Waals surface area contributed by atoms with Gasteiger partial charge in [-0.15, -0.1) is 10.2 Å². The molecular weight excluding hydrogens is 416 g/mol. The van der Waals surface area contributed by atoms with E-state index in [0.29, 0.717) is 16.9 Å². The number of aryl methyl sites for hydroxylation is 2. The van der Waals surface area contributed by atoms with E-state index in [9.17, 15) is 0 Å². The van der Waals surface area contributed by atoms with Crippen LogP contribution in [0.5, 0.6) is 11.5 Å². The van der Waals surface area contributed by atoms with Crippen molar-refractivity contribution in [2.75, 3.05) is 7.11 Å². The molecule has 2 aromatic carbocycles. The molecule has 7 heteroatoms. The summed E-state index contributed by atoms with van der Waals surface area (Å²) in [5, 5.41) is 8.63. The second-order valence-electron chi connectivity index (χ2n) is 5.76. The number of hydrogen-bond acceptors (Lipinski definition) is 6. The van der Waals surface area contributed by atoms with Gasteiger partial charge in [0.05, 0.1) is 7.11 Å². The molecule has 0 bridgehead atoms. The van der Waals surface area contributed by atoms with E-state index in [1.807, 2.05) is 44.2 Å². The molecule has 0 N–H and O–H groups in total. The van der Waals surface area contributed by atoms with Gasteiger partial charge in [-0.05, 0) is 49.2 Å². The van der Waals surface area contributed by atoms with Gasteiger partial charge >= 0.3 is 0 Å². The summed E-state index contributed by atoms with van der Waals surface area (Å²) >= 11 is 4.94. The van der Waals surface area contributed by atoms with Crippen molar-refractivity contribution in [1.29, 1.82) is 0 Å². The van der Waals surface area contributed by atoms with Crippen LogP contribution in [0, 0.1) is 13.8 Å². The SMILES string of the molecule is COc1ccc(Br)cc1CSc1nnc(COc2cc(C)ccc2C)o1. The molecule has 26 heavy (non-hydrogen) atoms. The van der Waals surface area contributed by atoms with Crippen LogP contribution < -0.4 is 9.47 Å². The van der Waals surface area contributed by atoms with E-state index < -0.39 is 0 Å². The fourth-order valence-corrected chi connectivity index (χ4v) is 3.52. The molecule has 0 saturated carbocycles. The van der Waals surface area contributed by atoms with Crippen molar-refractivity contribution in [2.45, 2.75) is 31.4 Å². The van der Waals surface area contributed by atoms with Gasteiger partial charge in [0.15, 0.2) is 6.61 Å². The van der Waals surface area contributed by atoms with Crippen LogP contribution in [0.4, 0.5) is 0 Å². The Morgan fingerprint density at radius 3 is 2.73 bits per heavy atom. The molecule has 0 aliphatic rings. The van der Waals surface area contributed by atoms with Gasteiger partial charge in [0.2, 0.25) is 0 Å². The number of rotatable bonds is 7. The van der Waals surface area contributed by atoms with E-state index in [1.54, 1.807) is 7.11 Å². The predicted octanol–water partition coefficient (Wildman–Crippen LogP) is 5.33. The molecule has 5 nitrogen and oxygen atoms in total. The van der Waals surface area contributed by atoms with E-state index in [2.05, 4.69) is 32.2 Å². The van der Waals surface area contributed by atoms with E-state index in [-0.39, 0.29) is 6.61 Å². The summed E-state index contributed by atoms with van der Waals surface area (Å²) < 4.78 is 17.8. The first kappa shape index (κ1) is 18.8. The molecule has 1 heterocycles. The molecule has 0 unspecified atom stereocenters. The highest BCUT2D eigenvalue weighted by Gasteiger charge is 2.11. The highest BCUT2D eigenvalue weighted by molar-refractivity contribution is 9.10. The molecular formula is C19H19BrN2O3S. The summed E-state index contributed by atoms with van der Waals surface area (Å²) in [4.78, 5) is 0. The molecule has 0 aliphatic carbocycles. The minimum atomic E-state index is 0.248. The number of ether oxygens (including phenoxy) is 2. The van der Waals surface area contributed by atoms with Gasteiger partial charge < -0.3 is 13.9 Å². The van der Waals surface area contributed by atoms with E-state index in [1.165, 1.54) is 11.8 Å². The lowest BCUT2D eigenvalue weighted by Crippen LogP contribution is -1.97. The van der Waals surface area contributed by atoms with Crippen molar-refractivity contribution >= 4 is 27.7 Å². The average molecular weight is 435 g/mol. The Morgan fingerprint density at radius 1 is 1.08 bits per heavy atom. The standard InChI is InChI=1S/C19H19BrN2O3S/c1-12-4-5-13(2)17(8-12)24-10-18-21-22-19(25-18)26-11-14-9-15(20)6-7-16(14)23-3/h4-9H,10-11H2,1-3H3. The van der Waals surface area contributed by atoms with Crippen molar-refractivity contribution < 1.29 is 13.9 Å². The van der Waals surface area contributed by atoms with Crippen LogP contribution in [0.1, 0.15) is 22.6 Å². The van der Waals surface area contributed by atoms with Crippen molar-refractivity contribution in [2.24, 2.45) is 0 Å². The van der Waals surface area contributed by atoms with Gasteiger partial charge in [0.25, 0.3) is 11.1 Å². The molecule has 3 aromatic rings. The summed E-state index contributed by atoms with van der Waals surface area (Å²) in [6, 6.07) is 12.0. The fraction of sp³-hybridized carbons (Fsp3) is 0.263. The van der Waals surface area contributed by atoms with Crippen LogP contribution >= 0.6 is 27.7 Å². The van der Waals surface area contributed by atoms with Crippen molar-refractivity contribution in [1.82, 2.24) is 10.2 Å². The highest BCUT2D eigenvalue weighted by Crippen LogP contribution is 2.30. The number of benzene rings is 2. The number of nitrogens with zero attached hydrogens (tertiary/aromatic N) is 2. The highest BCUT2D eigenvalue weighted by atomic mass is 79.9. The molecule has 0 amide bonds. The van der Waals surface area contributed by atoms with Crippen LogP contribution in [0.15, 0.2) is 50.5 Å². The smallest absolute Gasteiger partial charge is 0.277 e. The Morgan fingerprint density at radius 2 is 1.92 bits per heavy atom. The predicted molar refractivity (Wildman–Crippen MR) is 105 cm³/mol. The summed E-state index contributed by atoms with van der Waals surface area (Å²) in [5.74, 6) is 2.78. The molecule has 0 radical (unpaired) electrons. The summed E-state index contributed by atoms with van der Waals surface area (Å²) in [6.07, 6.45) is 0. The van der Waals surface area contributed by atoms with Crippen molar-refractivity contribution in [3.8, 4) is 11.5 Å². The molecule has 0 aliphatic heterocycles. The summed E-state index contributed by atoms with van der Waals surface area (Å²) in [7, 11) is 1.66. The maximum Gasteiger partial charge on any atom is 0.277 e. The van der Waals surface area contributed by atoms with Crippen LogP contribution in [-0.2, 0) is 12.4 Å². The topological polar surface area (TPSA) is 57.4 Å². The summed E-state index contributed by atoms with van der Waals surface area (Å²) in [6.45, 7) is 4.29. The Kier molecular flexibility index (Phi) is 6.21. The maximum atomic E-state index is 5.80. The second kappa shape index (κ2) is 8.60. The average Bonchev–Trinajstić information content (AvgIpc) is 3.09. The normalized spacial score (nSPS) is 10.8. The summed E-state index contributed by atoms with van der Waals surface area (Å²) in [5.41, 5.74) is 3.28. The number of aromatic nitrogens is 2. The first-order valence-electron chi connectivity index (χ1n) is 8.03. The third kappa shape index (κ3) is 4.80. The lowest BCUT2D eigenvalue weighted by Gasteiger charge is -2.08. The number of thioether (sulfide) groups is 1. The van der Waals surface area contributed by atoms with Crippen LogP contribution in [-0.4, -0.2) is 17.3 Å². The largest absolute Gasteiger partial charge is 0.496 e. The Labute approximate surface area is 165 Å². The zero-order valence-corrected chi connectivity index (χ0v) is 17.2. The maximum absolute atomic E-state index is 5.80. The number of halogens is 1. The minimum absolute atomic E-state index is 0.248. The fourth-order valence-electron chi connectivity index (χ4n) is 2.36. The lowest BCUT2D eigenvalue weighted by molar-refractivity contribution is 0.250. The van der Waals surface area contributed by atoms with Gasteiger partial charge in [-0.25, -0.2) is 0 Å². The lowest BCUT2D eigenvalue weighted by atomic mass is 10.1. The number of hydrogen-bond donors (Lipinski definition) is 0. The van der Waals surface area contributed by atoms with E-state index in [0.717, 1.165) is 32.7 Å². The quantitative estimate of drug-likeness (QED) is 0.468. The Bertz CT molecular complexity index is 898. The minimum Gasteiger partial charge on any atom is -0.496 e. The van der Waals surface area contributed by atoms with Gasteiger partial charge in [0.1, 0.15) is 11.5 Å². The molecule has 3 rings (SSSR count). The van der Waals surface area contributed by atoms with Gasteiger partial charge in [0, 0.05) is 15.8 Å². The van der Waals surface area contributed by atoms with E-state index >= 15 is 0 Å². The van der Waals surface area contributed by atoms with E-state index in [4.69, 9.17) is 13.9 Å². The first-order valence-corrected chi connectivity index (χ1v) is 9.80. The van der Waals surface area contributed by atoms with Crippen LogP contribution in [0.25, 0.3) is 0 Å². The van der Waals surface area contributed by atoms with Gasteiger partial charge in [-0.2, -0.15) is 0 Å². The van der Waals surface area contributed by atoms with Crippen molar-refractivity contribution in [3.05, 3.63) is 63.5 Å². The second-order valence-corrected chi connectivity index (χ2v) is 7.61. The zero-order chi connectivity index (χ0) is 18.5. The van der Waals surface area contributed by atoms with Gasteiger partial charge in [-0.1, -0.05) is 39.8 Å². The molecule has 136 valence electrons. The number of methoxy groups -OCH3 is 1. The van der Waals surface area contributed by atoms with Crippen LogP contribution in [0.2, 0.25) is 0 Å². The first-order chi connectivity index (χ1) is 12.5. The van der Waals surface area contributed by atoms with Gasteiger partial charge in [-0.3, -0.25) is 0 Å². The Balaban J connectivity index is 1.60. The molecule has 0 fully saturated rings. The molecule has 1 aromatic heterocycles. The van der Waals surface area contributed by atoms with Crippen LogP contribution in [0.3, 0.4) is 0 Å². The molecule has 0 atom stereocenters. The van der Waals surface area contributed by atoms with Crippen molar-refractivity contribution in [3.63, 3.8) is 0 Å². The zero-order valence-electron chi connectivity index (χ0n) is 14.8.